The van der Waals surface area contributed by atoms with Gasteiger partial charge in [-0.05, 0) is 42.7 Å². The predicted molar refractivity (Wildman–Crippen MR) is 130 cm³/mol. The molecule has 3 aromatic heterocycles. The van der Waals surface area contributed by atoms with Crippen LogP contribution in [0.25, 0.3) is 28.4 Å². The summed E-state index contributed by atoms with van der Waals surface area (Å²) in [5.74, 6) is 1.04. The largest absolute Gasteiger partial charge is 0.342 e. The molecule has 1 aliphatic carbocycles. The molecule has 7 nitrogen and oxygen atoms in total. The molecule has 0 spiro atoms. The first-order chi connectivity index (χ1) is 17.1. The Labute approximate surface area is 202 Å². The molecular weight excluding hydrogens is 445 g/mol. The lowest BCUT2D eigenvalue weighted by molar-refractivity contribution is -0.133. The van der Waals surface area contributed by atoms with Crippen molar-refractivity contribution in [3.05, 3.63) is 71.8 Å². The molecule has 2 atom stereocenters. The minimum absolute atomic E-state index is 0.0895. The third-order valence-electron chi connectivity index (χ3n) is 7.22. The normalized spacial score (nSPS) is 19.4. The number of hydrogen-bond donors (Lipinski definition) is 0. The molecule has 2 aliphatic rings. The van der Waals surface area contributed by atoms with Crippen LogP contribution in [0.3, 0.4) is 0 Å². The first kappa shape index (κ1) is 21.7. The number of nitrogens with zero attached hydrogens (tertiary/aromatic N) is 5. The number of benzene rings is 1. The van der Waals surface area contributed by atoms with Crippen molar-refractivity contribution in [1.29, 1.82) is 0 Å². The van der Waals surface area contributed by atoms with Gasteiger partial charge >= 0.3 is 0 Å². The van der Waals surface area contributed by atoms with Crippen molar-refractivity contribution in [3.63, 3.8) is 0 Å². The molecule has 0 N–H and O–H groups in total. The zero-order chi connectivity index (χ0) is 23.9. The minimum Gasteiger partial charge on any atom is -0.342 e. The summed E-state index contributed by atoms with van der Waals surface area (Å²) in [7, 11) is 0. The van der Waals surface area contributed by atoms with Crippen LogP contribution in [-0.2, 0) is 17.6 Å². The van der Waals surface area contributed by atoms with Crippen LogP contribution in [0.1, 0.15) is 43.0 Å². The van der Waals surface area contributed by atoms with Gasteiger partial charge in [-0.1, -0.05) is 24.2 Å². The Kier molecular flexibility index (Phi) is 5.43. The van der Waals surface area contributed by atoms with Gasteiger partial charge in [-0.2, -0.15) is 4.98 Å². The van der Waals surface area contributed by atoms with E-state index in [9.17, 15) is 9.18 Å². The summed E-state index contributed by atoms with van der Waals surface area (Å²) in [4.78, 5) is 24.1. The first-order valence-corrected chi connectivity index (χ1v) is 12.1. The summed E-state index contributed by atoms with van der Waals surface area (Å²) in [6.07, 6.45) is 10.9. The highest BCUT2D eigenvalue weighted by molar-refractivity contribution is 5.90. The van der Waals surface area contributed by atoms with E-state index in [4.69, 9.17) is 4.52 Å². The Balaban J connectivity index is 1.15. The summed E-state index contributed by atoms with van der Waals surface area (Å²) in [6.45, 7) is 3.69. The number of amides is 1. The van der Waals surface area contributed by atoms with E-state index in [-0.39, 0.29) is 17.8 Å². The molecule has 0 saturated carbocycles. The third-order valence-corrected chi connectivity index (χ3v) is 7.22. The number of halogens is 1. The number of carbonyl (C=O) groups excluding carboxylic acids is 1. The summed E-state index contributed by atoms with van der Waals surface area (Å²) < 4.78 is 20.8. The van der Waals surface area contributed by atoms with Crippen molar-refractivity contribution in [1.82, 2.24) is 24.6 Å². The highest BCUT2D eigenvalue weighted by Gasteiger charge is 2.31. The number of allylic oxidation sites excluding steroid dienone is 1. The average Bonchev–Trinajstić information content (AvgIpc) is 3.62. The topological polar surface area (TPSA) is 77.0 Å². The summed E-state index contributed by atoms with van der Waals surface area (Å²) in [6, 6.07) is 8.26. The van der Waals surface area contributed by atoms with Crippen LogP contribution in [0, 0.1) is 11.7 Å². The maximum absolute atomic E-state index is 13.2. The van der Waals surface area contributed by atoms with E-state index in [0.717, 1.165) is 30.5 Å². The molecule has 1 saturated heterocycles. The predicted octanol–water partition coefficient (Wildman–Crippen LogP) is 4.84. The van der Waals surface area contributed by atoms with E-state index >= 15 is 0 Å². The summed E-state index contributed by atoms with van der Waals surface area (Å²) in [5, 5.41) is 5.11. The molecule has 1 fully saturated rings. The van der Waals surface area contributed by atoms with E-state index in [2.05, 4.69) is 51.0 Å². The average molecular weight is 472 g/mol. The van der Waals surface area contributed by atoms with Gasteiger partial charge in [0.2, 0.25) is 17.6 Å². The monoisotopic (exact) mass is 471 g/mol. The molecule has 6 rings (SSSR count). The van der Waals surface area contributed by atoms with E-state index in [1.165, 1.54) is 23.2 Å². The lowest BCUT2D eigenvalue weighted by Gasteiger charge is -2.38. The molecule has 8 heteroatoms. The zero-order valence-electron chi connectivity index (χ0n) is 19.5. The van der Waals surface area contributed by atoms with Gasteiger partial charge in [0.25, 0.3) is 0 Å². The fraction of sp³-hybridized carbons (Fsp3) is 0.333. The fourth-order valence-corrected chi connectivity index (χ4v) is 5.20. The highest BCUT2D eigenvalue weighted by atomic mass is 19.1. The number of pyridine rings is 1. The molecule has 35 heavy (non-hydrogen) atoms. The van der Waals surface area contributed by atoms with Gasteiger partial charge in [-0.15, -0.1) is 0 Å². The molecule has 4 aromatic rings. The van der Waals surface area contributed by atoms with E-state index in [1.807, 2.05) is 11.1 Å². The van der Waals surface area contributed by atoms with Gasteiger partial charge in [0, 0.05) is 61.3 Å². The Hall–Kier alpha value is -3.81. The van der Waals surface area contributed by atoms with Gasteiger partial charge in [0.05, 0.1) is 17.3 Å². The molecule has 1 amide bonds. The second kappa shape index (κ2) is 8.76. The SMILES string of the molecule is C[C@@H]1CCN(C(=O)CCc2nc(-c3ccc(F)cc3)no2)C[C@@H]1n1ccc2cnc3c(c21)C=CC3. The van der Waals surface area contributed by atoms with Crippen molar-refractivity contribution in [3.8, 4) is 11.4 Å². The molecule has 0 bridgehead atoms. The van der Waals surface area contributed by atoms with Crippen LogP contribution in [0.15, 0.2) is 53.3 Å². The number of carbonyl (C=O) groups is 1. The van der Waals surface area contributed by atoms with Crippen LogP contribution in [0.2, 0.25) is 0 Å². The quantitative estimate of drug-likeness (QED) is 0.416. The van der Waals surface area contributed by atoms with E-state index in [0.29, 0.717) is 42.6 Å². The molecule has 0 unspecified atom stereocenters. The number of aromatic nitrogens is 4. The van der Waals surface area contributed by atoms with Crippen LogP contribution in [0.5, 0.6) is 0 Å². The zero-order valence-corrected chi connectivity index (χ0v) is 19.5. The number of fused-ring (bicyclic) bond motifs is 3. The number of hydrogen-bond acceptors (Lipinski definition) is 5. The standard InChI is InChI=1S/C27H26FN5O2/c1-17-11-13-32(16-23(17)33-14-12-19-15-29-22-4-2-3-21(22)26(19)33)25(34)10-9-24-30-27(31-35-24)18-5-7-20(28)8-6-18/h2-3,5-8,12,14-15,17,23H,4,9-11,13,16H2,1H3/t17-,23+/m1/s1. The third kappa shape index (κ3) is 4.03. The van der Waals surface area contributed by atoms with Crippen molar-refractivity contribution < 1.29 is 13.7 Å². The second-order valence-corrected chi connectivity index (χ2v) is 9.44. The van der Waals surface area contributed by atoms with Crippen molar-refractivity contribution in [2.24, 2.45) is 5.92 Å². The molecule has 178 valence electrons. The minimum atomic E-state index is -0.317. The van der Waals surface area contributed by atoms with Gasteiger partial charge in [-0.25, -0.2) is 4.39 Å². The summed E-state index contributed by atoms with van der Waals surface area (Å²) >= 11 is 0. The Morgan fingerprint density at radius 1 is 1.23 bits per heavy atom. The van der Waals surface area contributed by atoms with Gasteiger partial charge in [0.1, 0.15) is 5.82 Å². The lowest BCUT2D eigenvalue weighted by Crippen LogP contribution is -2.44. The Morgan fingerprint density at radius 3 is 2.94 bits per heavy atom. The van der Waals surface area contributed by atoms with E-state index < -0.39 is 0 Å². The number of likely N-dealkylation sites (tertiary alicyclic amines) is 1. The van der Waals surface area contributed by atoms with Gasteiger partial charge in [-0.3, -0.25) is 9.78 Å². The molecule has 4 heterocycles. The summed E-state index contributed by atoms with van der Waals surface area (Å²) in [5.41, 5.74) is 4.22. The van der Waals surface area contributed by atoms with Gasteiger partial charge < -0.3 is 14.0 Å². The lowest BCUT2D eigenvalue weighted by atomic mass is 9.92. The van der Waals surface area contributed by atoms with Crippen molar-refractivity contribution >= 4 is 22.9 Å². The Morgan fingerprint density at radius 2 is 2.09 bits per heavy atom. The number of piperidine rings is 1. The molecule has 0 radical (unpaired) electrons. The van der Waals surface area contributed by atoms with Crippen LogP contribution < -0.4 is 0 Å². The van der Waals surface area contributed by atoms with Crippen LogP contribution >= 0.6 is 0 Å². The van der Waals surface area contributed by atoms with Crippen molar-refractivity contribution in [2.75, 3.05) is 13.1 Å². The molecule has 1 aliphatic heterocycles. The van der Waals surface area contributed by atoms with Crippen LogP contribution in [-0.4, -0.2) is 43.6 Å². The number of rotatable bonds is 5. The fourth-order valence-electron chi connectivity index (χ4n) is 5.20. The maximum atomic E-state index is 13.2. The molecule has 1 aromatic carbocycles. The molecular formula is C27H26FN5O2. The van der Waals surface area contributed by atoms with Gasteiger partial charge in [0.15, 0.2) is 0 Å². The first-order valence-electron chi connectivity index (χ1n) is 12.1. The second-order valence-electron chi connectivity index (χ2n) is 9.44. The maximum Gasteiger partial charge on any atom is 0.227 e. The Bertz CT molecular complexity index is 1420. The smallest absolute Gasteiger partial charge is 0.227 e. The highest BCUT2D eigenvalue weighted by Crippen LogP contribution is 2.35. The van der Waals surface area contributed by atoms with Crippen molar-refractivity contribution in [2.45, 2.75) is 38.6 Å². The van der Waals surface area contributed by atoms with Crippen LogP contribution in [0.4, 0.5) is 4.39 Å². The van der Waals surface area contributed by atoms with E-state index in [1.54, 1.807) is 12.1 Å². The number of aryl methyl sites for hydroxylation is 1.